The van der Waals surface area contributed by atoms with Crippen LogP contribution in [0.4, 0.5) is 0 Å². The van der Waals surface area contributed by atoms with Gasteiger partial charge >= 0.3 is 0 Å². The first kappa shape index (κ1) is 16.1. The molecule has 0 unspecified atom stereocenters. The fraction of sp³-hybridized carbons (Fsp3) is 0.143. The molecular weight excluding hydrogens is 326 g/mol. The lowest BCUT2D eigenvalue weighted by molar-refractivity contribution is 0.416. The van der Waals surface area contributed by atoms with Gasteiger partial charge in [-0.1, -0.05) is 48.5 Å². The second-order valence-electron chi connectivity index (χ2n) is 6.22. The number of methoxy groups -OCH3 is 1. The Morgan fingerprint density at radius 2 is 1.81 bits per heavy atom. The van der Waals surface area contributed by atoms with E-state index in [1.165, 1.54) is 10.6 Å². The molecule has 4 aromatic rings. The molecule has 4 rings (SSSR count). The van der Waals surface area contributed by atoms with E-state index in [1.807, 2.05) is 49.4 Å². The summed E-state index contributed by atoms with van der Waals surface area (Å²) in [6.45, 7) is 1.83. The van der Waals surface area contributed by atoms with Gasteiger partial charge in [0, 0.05) is 29.4 Å². The van der Waals surface area contributed by atoms with Crippen LogP contribution in [0.1, 0.15) is 17.0 Å². The predicted octanol–water partition coefficient (Wildman–Crippen LogP) is 3.60. The van der Waals surface area contributed by atoms with Gasteiger partial charge in [-0.2, -0.15) is 0 Å². The molecule has 0 aliphatic heterocycles. The Kier molecular flexibility index (Phi) is 4.05. The molecule has 2 aromatic heterocycles. The van der Waals surface area contributed by atoms with Crippen molar-refractivity contribution in [3.63, 3.8) is 0 Å². The molecule has 2 aromatic carbocycles. The molecule has 0 bridgehead atoms. The number of hydrogen-bond donors (Lipinski definition) is 1. The Bertz CT molecular complexity index is 1130. The van der Waals surface area contributed by atoms with Crippen LogP contribution in [0.15, 0.2) is 65.5 Å². The van der Waals surface area contributed by atoms with Gasteiger partial charge in [-0.05, 0) is 18.6 Å². The molecule has 130 valence electrons. The highest BCUT2D eigenvalue weighted by Crippen LogP contribution is 2.35. The number of aromatic amines is 1. The number of ether oxygens (including phenoxy) is 1. The molecule has 0 radical (unpaired) electrons. The lowest BCUT2D eigenvalue weighted by Crippen LogP contribution is -2.14. The molecule has 5 heteroatoms. The third-order valence-corrected chi connectivity index (χ3v) is 4.42. The summed E-state index contributed by atoms with van der Waals surface area (Å²) in [6.07, 6.45) is 0.663. The van der Waals surface area contributed by atoms with Crippen molar-refractivity contribution in [2.75, 3.05) is 7.11 Å². The average Bonchev–Trinajstić information content (AvgIpc) is 3.00. The van der Waals surface area contributed by atoms with Crippen LogP contribution >= 0.6 is 0 Å². The van der Waals surface area contributed by atoms with E-state index in [-0.39, 0.29) is 5.56 Å². The van der Waals surface area contributed by atoms with E-state index in [9.17, 15) is 4.79 Å². The van der Waals surface area contributed by atoms with Crippen LogP contribution in [-0.4, -0.2) is 21.7 Å². The summed E-state index contributed by atoms with van der Waals surface area (Å²) in [4.78, 5) is 17.1. The minimum atomic E-state index is -0.122. The summed E-state index contributed by atoms with van der Waals surface area (Å²) in [7, 11) is 1.65. The number of para-hydroxylation sites is 1. The normalized spacial score (nSPS) is 11.0. The zero-order valence-corrected chi connectivity index (χ0v) is 14.7. The number of nitrogens with one attached hydrogen (secondary N) is 1. The number of aromatic nitrogens is 3. The molecule has 0 saturated carbocycles. The van der Waals surface area contributed by atoms with E-state index in [0.717, 1.165) is 28.1 Å². The maximum Gasteiger partial charge on any atom is 0.272 e. The van der Waals surface area contributed by atoms with Crippen molar-refractivity contribution in [1.29, 1.82) is 0 Å². The Balaban J connectivity index is 2.02. The molecule has 5 nitrogen and oxygen atoms in total. The van der Waals surface area contributed by atoms with Gasteiger partial charge in [0.05, 0.1) is 12.7 Å². The number of fused-ring (bicyclic) bond motifs is 1. The average molecular weight is 345 g/mol. The Morgan fingerprint density at radius 3 is 2.58 bits per heavy atom. The second-order valence-corrected chi connectivity index (χ2v) is 6.22. The molecular formula is C21H19N3O2. The van der Waals surface area contributed by atoms with Crippen molar-refractivity contribution < 1.29 is 4.74 Å². The van der Waals surface area contributed by atoms with E-state index in [1.54, 1.807) is 7.11 Å². The monoisotopic (exact) mass is 345 g/mol. The molecule has 0 aliphatic carbocycles. The van der Waals surface area contributed by atoms with Crippen LogP contribution in [-0.2, 0) is 6.42 Å². The van der Waals surface area contributed by atoms with Gasteiger partial charge in [0.1, 0.15) is 5.75 Å². The summed E-state index contributed by atoms with van der Waals surface area (Å²) in [6, 6.07) is 19.5. The highest BCUT2D eigenvalue weighted by atomic mass is 16.5. The summed E-state index contributed by atoms with van der Waals surface area (Å²) in [5, 5.41) is 3.24. The predicted molar refractivity (Wildman–Crippen MR) is 102 cm³/mol. The summed E-state index contributed by atoms with van der Waals surface area (Å²) in [5.41, 5.74) is 5.07. The molecule has 0 saturated heterocycles. The molecule has 26 heavy (non-hydrogen) atoms. The third-order valence-electron chi connectivity index (χ3n) is 4.42. The molecule has 2 heterocycles. The van der Waals surface area contributed by atoms with Gasteiger partial charge in [-0.3, -0.25) is 9.89 Å². The van der Waals surface area contributed by atoms with Crippen LogP contribution in [0.2, 0.25) is 0 Å². The van der Waals surface area contributed by atoms with Gasteiger partial charge in [0.25, 0.3) is 5.56 Å². The summed E-state index contributed by atoms with van der Waals surface area (Å²) < 4.78 is 7.06. The van der Waals surface area contributed by atoms with Crippen LogP contribution in [0.25, 0.3) is 16.8 Å². The quantitative estimate of drug-likeness (QED) is 0.615. The van der Waals surface area contributed by atoms with Crippen molar-refractivity contribution >= 4 is 5.65 Å². The van der Waals surface area contributed by atoms with Crippen molar-refractivity contribution in [2.24, 2.45) is 0 Å². The topological polar surface area (TPSA) is 59.4 Å². The third kappa shape index (κ3) is 2.77. The SMILES string of the molecule is COc1ccccc1-c1c(Cc2ccccc2)[nH]n2c(=O)cc(C)nc12. The van der Waals surface area contributed by atoms with Crippen molar-refractivity contribution in [1.82, 2.24) is 14.6 Å². The van der Waals surface area contributed by atoms with Gasteiger partial charge in [0.2, 0.25) is 0 Å². The maximum atomic E-state index is 12.5. The maximum absolute atomic E-state index is 12.5. The van der Waals surface area contributed by atoms with Crippen LogP contribution in [0.5, 0.6) is 5.75 Å². The Morgan fingerprint density at radius 1 is 1.08 bits per heavy atom. The minimum Gasteiger partial charge on any atom is -0.496 e. The van der Waals surface area contributed by atoms with Gasteiger partial charge in [-0.15, -0.1) is 0 Å². The first-order chi connectivity index (χ1) is 12.7. The standard InChI is InChI=1S/C21H19N3O2/c1-14-12-19(25)24-21(22-14)20(16-10-6-7-11-18(16)26-2)17(23-24)13-15-8-4-3-5-9-15/h3-12,23H,13H2,1-2H3. The fourth-order valence-corrected chi connectivity index (χ4v) is 3.26. The number of rotatable bonds is 4. The zero-order valence-electron chi connectivity index (χ0n) is 14.7. The fourth-order valence-electron chi connectivity index (χ4n) is 3.26. The van der Waals surface area contributed by atoms with Gasteiger partial charge < -0.3 is 4.74 Å². The second kappa shape index (κ2) is 6.52. The van der Waals surface area contributed by atoms with Crippen molar-refractivity contribution in [3.05, 3.63) is 88.0 Å². The molecule has 1 N–H and O–H groups in total. The van der Waals surface area contributed by atoms with Crippen LogP contribution < -0.4 is 10.3 Å². The van der Waals surface area contributed by atoms with E-state index in [4.69, 9.17) is 4.74 Å². The smallest absolute Gasteiger partial charge is 0.272 e. The van der Waals surface area contributed by atoms with Gasteiger partial charge in [0.15, 0.2) is 5.65 Å². The molecule has 0 amide bonds. The highest BCUT2D eigenvalue weighted by Gasteiger charge is 2.19. The minimum absolute atomic E-state index is 0.122. The summed E-state index contributed by atoms with van der Waals surface area (Å²) in [5.74, 6) is 0.749. The first-order valence-corrected chi connectivity index (χ1v) is 8.46. The summed E-state index contributed by atoms with van der Waals surface area (Å²) >= 11 is 0. The Labute approximate surface area is 150 Å². The number of nitrogens with zero attached hydrogens (tertiary/aromatic N) is 2. The largest absolute Gasteiger partial charge is 0.496 e. The first-order valence-electron chi connectivity index (χ1n) is 8.46. The van der Waals surface area contributed by atoms with E-state index in [0.29, 0.717) is 17.8 Å². The Hall–Kier alpha value is -3.34. The molecule has 0 atom stereocenters. The lowest BCUT2D eigenvalue weighted by atomic mass is 10.0. The highest BCUT2D eigenvalue weighted by molar-refractivity contribution is 5.84. The van der Waals surface area contributed by atoms with Gasteiger partial charge in [-0.25, -0.2) is 9.50 Å². The molecule has 0 aliphatic rings. The number of H-pyrrole nitrogens is 1. The number of aryl methyl sites for hydroxylation is 1. The molecule has 0 spiro atoms. The van der Waals surface area contributed by atoms with E-state index in [2.05, 4.69) is 22.2 Å². The van der Waals surface area contributed by atoms with E-state index >= 15 is 0 Å². The number of hydrogen-bond acceptors (Lipinski definition) is 3. The molecule has 0 fully saturated rings. The van der Waals surface area contributed by atoms with Crippen LogP contribution in [0, 0.1) is 6.92 Å². The van der Waals surface area contributed by atoms with E-state index < -0.39 is 0 Å². The zero-order chi connectivity index (χ0) is 18.1. The van der Waals surface area contributed by atoms with Crippen molar-refractivity contribution in [2.45, 2.75) is 13.3 Å². The lowest BCUT2D eigenvalue weighted by Gasteiger charge is -2.09. The van der Waals surface area contributed by atoms with Crippen LogP contribution in [0.3, 0.4) is 0 Å². The van der Waals surface area contributed by atoms with Crippen molar-refractivity contribution in [3.8, 4) is 16.9 Å². The number of benzene rings is 2.